The van der Waals surface area contributed by atoms with Crippen LogP contribution in [0.2, 0.25) is 0 Å². The number of rotatable bonds is 32. The first-order chi connectivity index (χ1) is 22.2. The van der Waals surface area contributed by atoms with Crippen molar-refractivity contribution in [3.63, 3.8) is 0 Å². The Hall–Kier alpha value is -2.98. The summed E-state index contributed by atoms with van der Waals surface area (Å²) in [5.41, 5.74) is 5.59. The van der Waals surface area contributed by atoms with Crippen molar-refractivity contribution in [2.75, 3.05) is 72.5 Å². The molecule has 46 heavy (non-hydrogen) atoms. The van der Waals surface area contributed by atoms with Gasteiger partial charge in [-0.25, -0.2) is 0 Å². The molecule has 0 aromatic rings. The Morgan fingerprint density at radius 2 is 1.24 bits per heavy atom. The molecular weight excluding hydrogens is 602 g/mol. The summed E-state index contributed by atoms with van der Waals surface area (Å²) in [5.74, 6) is -1.12. The van der Waals surface area contributed by atoms with E-state index < -0.39 is 18.0 Å². The molecule has 0 aliphatic rings. The Kier molecular flexibility index (Phi) is 28.7. The number of nitrogens with two attached hydrogens (primary N) is 1. The van der Waals surface area contributed by atoms with Gasteiger partial charge in [0, 0.05) is 39.1 Å². The van der Waals surface area contributed by atoms with E-state index in [1.54, 1.807) is 0 Å². The predicted molar refractivity (Wildman–Crippen MR) is 171 cm³/mol. The highest BCUT2D eigenvalue weighted by Crippen LogP contribution is 2.03. The number of hydrogen-bond donors (Lipinski definition) is 5. The molecule has 0 aromatic heterocycles. The number of nitrogens with one attached hydrogen (secondary N) is 4. The van der Waals surface area contributed by atoms with E-state index in [1.807, 2.05) is 6.92 Å². The summed E-state index contributed by atoms with van der Waals surface area (Å²) in [6, 6.07) is -1.30. The minimum absolute atomic E-state index is 0.0478. The Morgan fingerprint density at radius 1 is 0.652 bits per heavy atom. The van der Waals surface area contributed by atoms with Crippen molar-refractivity contribution in [2.24, 2.45) is 5.73 Å². The second-order valence-electron chi connectivity index (χ2n) is 10.8. The number of unbranched alkanes of at least 4 members (excludes halogenated alkanes) is 2. The fourth-order valence-corrected chi connectivity index (χ4v) is 3.93. The minimum Gasteiger partial charge on any atom is -0.379 e. The van der Waals surface area contributed by atoms with E-state index >= 15 is 0 Å². The van der Waals surface area contributed by atoms with E-state index in [0.29, 0.717) is 97.1 Å². The fraction of sp³-hybridized carbons (Fsp3) is 0.806. The number of amides is 4. The standard InChI is InChI=1S/C31H57N5O10/c1-3-16-43-18-20-45-23-29(40)34-15-17-44-19-21-46-24-30(41)36-27(31(42)35-14-6-4-10-26(32)22-37)11-5-7-13-33-28(39)12-8-9-25(2)38/h22,26-27H,3-21,23-24,32H2,1-2H3,(H,33,39)(H,34,40)(H,35,42)(H,36,41)/t26-,27-/m0/s1. The first kappa shape index (κ1) is 43.0. The third kappa shape index (κ3) is 28.5. The second kappa shape index (κ2) is 30.7. The summed E-state index contributed by atoms with van der Waals surface area (Å²) < 4.78 is 21.2. The smallest absolute Gasteiger partial charge is 0.246 e. The number of carbonyl (C=O) groups excluding carboxylic acids is 6. The van der Waals surface area contributed by atoms with E-state index in [-0.39, 0.29) is 63.0 Å². The monoisotopic (exact) mass is 659 g/mol. The van der Waals surface area contributed by atoms with Crippen molar-refractivity contribution in [2.45, 2.75) is 90.1 Å². The Balaban J connectivity index is 4.30. The maximum Gasteiger partial charge on any atom is 0.246 e. The molecule has 0 bridgehead atoms. The van der Waals surface area contributed by atoms with Crippen molar-refractivity contribution >= 4 is 35.7 Å². The van der Waals surface area contributed by atoms with Crippen LogP contribution >= 0.6 is 0 Å². The lowest BCUT2D eigenvalue weighted by Crippen LogP contribution is -2.48. The van der Waals surface area contributed by atoms with Gasteiger partial charge in [0.25, 0.3) is 0 Å². The van der Waals surface area contributed by atoms with E-state index in [0.717, 1.165) is 6.42 Å². The zero-order valence-electron chi connectivity index (χ0n) is 27.7. The normalized spacial score (nSPS) is 12.2. The number of ketones is 1. The van der Waals surface area contributed by atoms with E-state index in [2.05, 4.69) is 21.3 Å². The Morgan fingerprint density at radius 3 is 1.89 bits per heavy atom. The molecule has 0 saturated carbocycles. The molecule has 0 aromatic carbocycles. The lowest BCUT2D eigenvalue weighted by molar-refractivity contribution is -0.132. The molecule has 0 saturated heterocycles. The van der Waals surface area contributed by atoms with Gasteiger partial charge >= 0.3 is 0 Å². The van der Waals surface area contributed by atoms with Crippen molar-refractivity contribution in [3.05, 3.63) is 0 Å². The zero-order valence-corrected chi connectivity index (χ0v) is 27.7. The third-order valence-corrected chi connectivity index (χ3v) is 6.39. The SMILES string of the molecule is CCCOCCOCC(=O)NCCOCCOCC(=O)N[C@@H](CCCCNC(=O)CCCC(C)=O)C(=O)NCCCC[C@H](N)C=O. The van der Waals surface area contributed by atoms with Crippen molar-refractivity contribution in [1.82, 2.24) is 21.3 Å². The second-order valence-corrected chi connectivity index (χ2v) is 10.8. The molecule has 6 N–H and O–H groups in total. The van der Waals surface area contributed by atoms with Crippen molar-refractivity contribution in [3.8, 4) is 0 Å². The maximum absolute atomic E-state index is 12.8. The van der Waals surface area contributed by atoms with E-state index in [1.165, 1.54) is 6.92 Å². The summed E-state index contributed by atoms with van der Waals surface area (Å²) in [7, 11) is 0. The molecule has 0 fully saturated rings. The van der Waals surface area contributed by atoms with Crippen molar-refractivity contribution in [1.29, 1.82) is 0 Å². The summed E-state index contributed by atoms with van der Waals surface area (Å²) in [6.45, 7) is 6.39. The van der Waals surface area contributed by atoms with Gasteiger partial charge < -0.3 is 55.5 Å². The van der Waals surface area contributed by atoms with E-state index in [4.69, 9.17) is 24.7 Å². The third-order valence-electron chi connectivity index (χ3n) is 6.39. The lowest BCUT2D eigenvalue weighted by atomic mass is 10.1. The molecule has 0 spiro atoms. The first-order valence-corrected chi connectivity index (χ1v) is 16.3. The van der Waals surface area contributed by atoms with Crippen LogP contribution in [0.3, 0.4) is 0 Å². The van der Waals surface area contributed by atoms with Gasteiger partial charge in [0.1, 0.15) is 31.3 Å². The molecule has 15 nitrogen and oxygen atoms in total. The Labute approximate surface area is 273 Å². The molecule has 0 rings (SSSR count). The number of aldehydes is 1. The van der Waals surface area contributed by atoms with Gasteiger partial charge in [-0.05, 0) is 58.3 Å². The zero-order chi connectivity index (χ0) is 34.3. The first-order valence-electron chi connectivity index (χ1n) is 16.3. The number of ether oxygens (including phenoxy) is 4. The van der Waals surface area contributed by atoms with Crippen LogP contribution in [0.4, 0.5) is 0 Å². The molecule has 0 heterocycles. The topological polar surface area (TPSA) is 213 Å². The quantitative estimate of drug-likeness (QED) is 0.0476. The molecule has 15 heteroatoms. The van der Waals surface area contributed by atoms with Crippen LogP contribution in [0.25, 0.3) is 0 Å². The number of Topliss-reactive ketones (excluding diaryl/α,β-unsaturated/α-hetero) is 1. The molecular formula is C31H57N5O10. The molecule has 266 valence electrons. The van der Waals surface area contributed by atoms with Crippen LogP contribution in [0.15, 0.2) is 0 Å². The van der Waals surface area contributed by atoms with Crippen LogP contribution < -0.4 is 27.0 Å². The highest BCUT2D eigenvalue weighted by atomic mass is 16.5. The summed E-state index contributed by atoms with van der Waals surface area (Å²) in [4.78, 5) is 70.5. The number of hydrogen-bond acceptors (Lipinski definition) is 11. The van der Waals surface area contributed by atoms with Gasteiger partial charge in [0.05, 0.1) is 39.1 Å². The average Bonchev–Trinajstić information content (AvgIpc) is 3.02. The highest BCUT2D eigenvalue weighted by molar-refractivity contribution is 5.88. The number of carbonyl (C=O) groups is 6. The fourth-order valence-electron chi connectivity index (χ4n) is 3.93. The molecule has 0 unspecified atom stereocenters. The summed E-state index contributed by atoms with van der Waals surface area (Å²) in [5, 5.41) is 11.0. The van der Waals surface area contributed by atoms with Gasteiger partial charge in [0.2, 0.25) is 23.6 Å². The predicted octanol–water partition coefficient (Wildman–Crippen LogP) is -0.0777. The largest absolute Gasteiger partial charge is 0.379 e. The van der Waals surface area contributed by atoms with E-state index in [9.17, 15) is 28.8 Å². The van der Waals surface area contributed by atoms with Crippen LogP contribution in [-0.4, -0.2) is 120 Å². The average molecular weight is 660 g/mol. The molecule has 0 aliphatic carbocycles. The minimum atomic E-state index is -0.785. The highest BCUT2D eigenvalue weighted by Gasteiger charge is 2.20. The molecule has 2 atom stereocenters. The van der Waals surface area contributed by atoms with Crippen LogP contribution in [0.5, 0.6) is 0 Å². The molecule has 4 amide bonds. The Bertz CT molecular complexity index is 862. The van der Waals surface area contributed by atoms with Crippen LogP contribution in [0, 0.1) is 0 Å². The van der Waals surface area contributed by atoms with Crippen molar-refractivity contribution < 1.29 is 47.7 Å². The van der Waals surface area contributed by atoms with Crippen LogP contribution in [0.1, 0.15) is 78.1 Å². The van der Waals surface area contributed by atoms with Gasteiger partial charge in [-0.1, -0.05) is 6.92 Å². The van der Waals surface area contributed by atoms with Gasteiger partial charge in [-0.15, -0.1) is 0 Å². The van der Waals surface area contributed by atoms with Gasteiger partial charge in [0.15, 0.2) is 0 Å². The summed E-state index contributed by atoms with van der Waals surface area (Å²) >= 11 is 0. The van der Waals surface area contributed by atoms with Gasteiger partial charge in [-0.2, -0.15) is 0 Å². The maximum atomic E-state index is 12.8. The van der Waals surface area contributed by atoms with Crippen LogP contribution in [-0.2, 0) is 47.7 Å². The molecule has 0 aliphatic heterocycles. The molecule has 0 radical (unpaired) electrons. The lowest BCUT2D eigenvalue weighted by Gasteiger charge is -2.19. The van der Waals surface area contributed by atoms with Gasteiger partial charge in [-0.3, -0.25) is 19.2 Å². The summed E-state index contributed by atoms with van der Waals surface area (Å²) in [6.07, 6.45) is 6.17.